The molecule has 106 valence electrons. The Bertz CT molecular complexity index is 594. The maximum absolute atomic E-state index is 12.6. The molecule has 0 aromatic carbocycles. The minimum Gasteiger partial charge on any atom is -0.375 e. The second kappa shape index (κ2) is 5.63. The average Bonchev–Trinajstić information content (AvgIpc) is 3.10. The van der Waals surface area contributed by atoms with Crippen molar-refractivity contribution in [3.05, 3.63) is 28.6 Å². The number of thiazole rings is 1. The number of nitrogens with zero attached hydrogens (tertiary/aromatic N) is 2. The maximum atomic E-state index is 12.6. The Morgan fingerprint density at radius 3 is 3.05 bits per heavy atom. The van der Waals surface area contributed by atoms with Crippen LogP contribution >= 0.6 is 22.7 Å². The third-order valence-corrected chi connectivity index (χ3v) is 5.21. The third kappa shape index (κ3) is 2.63. The van der Waals surface area contributed by atoms with E-state index in [1.807, 2.05) is 41.6 Å². The van der Waals surface area contributed by atoms with Gasteiger partial charge in [-0.3, -0.25) is 4.79 Å². The molecular formula is C14H16N2O2S2. The maximum Gasteiger partial charge on any atom is 0.273 e. The number of hydrogen-bond donors (Lipinski definition) is 0. The average molecular weight is 308 g/mol. The van der Waals surface area contributed by atoms with Crippen molar-refractivity contribution in [2.24, 2.45) is 0 Å². The number of carbonyl (C=O) groups is 1. The summed E-state index contributed by atoms with van der Waals surface area (Å²) in [4.78, 5) is 20.0. The largest absolute Gasteiger partial charge is 0.375 e. The molecule has 0 bridgehead atoms. The monoisotopic (exact) mass is 308 g/mol. The first-order chi connectivity index (χ1) is 9.65. The van der Waals surface area contributed by atoms with E-state index >= 15 is 0 Å². The summed E-state index contributed by atoms with van der Waals surface area (Å²) in [6.07, 6.45) is 0.0885. The molecule has 3 heterocycles. The Balaban J connectivity index is 1.80. The second-order valence-electron chi connectivity index (χ2n) is 4.97. The van der Waals surface area contributed by atoms with E-state index in [1.165, 1.54) is 11.3 Å². The predicted molar refractivity (Wildman–Crippen MR) is 81.3 cm³/mol. The highest BCUT2D eigenvalue weighted by atomic mass is 32.1. The normalized spacial score (nSPS) is 23.0. The van der Waals surface area contributed by atoms with Crippen molar-refractivity contribution in [2.45, 2.75) is 26.0 Å². The fraction of sp³-hybridized carbons (Fsp3) is 0.429. The number of rotatable bonds is 2. The van der Waals surface area contributed by atoms with Gasteiger partial charge < -0.3 is 9.64 Å². The van der Waals surface area contributed by atoms with E-state index in [-0.39, 0.29) is 18.1 Å². The second-order valence-corrected chi connectivity index (χ2v) is 6.77. The van der Waals surface area contributed by atoms with E-state index in [1.54, 1.807) is 11.3 Å². The van der Waals surface area contributed by atoms with Gasteiger partial charge in [-0.2, -0.15) is 0 Å². The molecule has 0 unspecified atom stereocenters. The number of morpholine rings is 1. The predicted octanol–water partition coefficient (Wildman–Crippen LogP) is 3.12. The number of ether oxygens (including phenoxy) is 1. The van der Waals surface area contributed by atoms with Gasteiger partial charge in [0.05, 0.1) is 23.6 Å². The van der Waals surface area contributed by atoms with Gasteiger partial charge in [-0.15, -0.1) is 22.7 Å². The number of amides is 1. The first kappa shape index (κ1) is 13.7. The molecule has 3 rings (SSSR count). The Hall–Kier alpha value is -1.24. The topological polar surface area (TPSA) is 42.4 Å². The molecule has 0 aliphatic carbocycles. The van der Waals surface area contributed by atoms with Crippen LogP contribution in [0.5, 0.6) is 0 Å². The zero-order valence-electron chi connectivity index (χ0n) is 11.4. The van der Waals surface area contributed by atoms with Gasteiger partial charge in [0, 0.05) is 11.9 Å². The first-order valence-electron chi connectivity index (χ1n) is 6.57. The van der Waals surface area contributed by atoms with E-state index in [0.717, 1.165) is 9.88 Å². The molecule has 0 saturated carbocycles. The standard InChI is InChI=1S/C14H16N2O2S2/c1-9-7-18-10(2)6-16(9)14(17)11-8-20-13(15-11)12-4-3-5-19-12/h3-5,8-10H,6-7H2,1-2H3/t9-,10-/m0/s1. The lowest BCUT2D eigenvalue weighted by Crippen LogP contribution is -2.50. The van der Waals surface area contributed by atoms with Crippen molar-refractivity contribution in [1.82, 2.24) is 9.88 Å². The molecule has 1 aliphatic heterocycles. The third-order valence-electron chi connectivity index (χ3n) is 3.32. The van der Waals surface area contributed by atoms with Crippen LogP contribution in [0, 0.1) is 0 Å². The number of carbonyl (C=O) groups excluding carboxylic acids is 1. The van der Waals surface area contributed by atoms with Crippen LogP contribution in [0.15, 0.2) is 22.9 Å². The molecule has 6 heteroatoms. The molecule has 0 spiro atoms. The molecule has 1 amide bonds. The van der Waals surface area contributed by atoms with E-state index < -0.39 is 0 Å². The summed E-state index contributed by atoms with van der Waals surface area (Å²) in [6, 6.07) is 4.12. The Morgan fingerprint density at radius 2 is 2.30 bits per heavy atom. The van der Waals surface area contributed by atoms with Gasteiger partial charge in [0.1, 0.15) is 10.7 Å². The molecular weight excluding hydrogens is 292 g/mol. The van der Waals surface area contributed by atoms with Crippen molar-refractivity contribution in [1.29, 1.82) is 0 Å². The van der Waals surface area contributed by atoms with Crippen molar-refractivity contribution in [3.63, 3.8) is 0 Å². The molecule has 0 N–H and O–H groups in total. The summed E-state index contributed by atoms with van der Waals surface area (Å²) in [7, 11) is 0. The fourth-order valence-corrected chi connectivity index (χ4v) is 3.83. The van der Waals surface area contributed by atoms with Crippen LogP contribution in [0.4, 0.5) is 0 Å². The lowest BCUT2D eigenvalue weighted by Gasteiger charge is -2.36. The molecule has 20 heavy (non-hydrogen) atoms. The van der Waals surface area contributed by atoms with Gasteiger partial charge in [0.25, 0.3) is 5.91 Å². The van der Waals surface area contributed by atoms with Crippen LogP contribution in [0.25, 0.3) is 9.88 Å². The van der Waals surface area contributed by atoms with Gasteiger partial charge in [-0.05, 0) is 25.3 Å². The zero-order chi connectivity index (χ0) is 14.1. The molecule has 1 saturated heterocycles. The molecule has 2 atom stereocenters. The van der Waals surface area contributed by atoms with Gasteiger partial charge in [-0.25, -0.2) is 4.98 Å². The number of aromatic nitrogens is 1. The van der Waals surface area contributed by atoms with Crippen LogP contribution in [0.2, 0.25) is 0 Å². The van der Waals surface area contributed by atoms with E-state index in [9.17, 15) is 4.79 Å². The lowest BCUT2D eigenvalue weighted by molar-refractivity contribution is -0.0388. The van der Waals surface area contributed by atoms with Crippen molar-refractivity contribution < 1.29 is 9.53 Å². The smallest absolute Gasteiger partial charge is 0.273 e. The fourth-order valence-electron chi connectivity index (χ4n) is 2.22. The van der Waals surface area contributed by atoms with E-state index in [2.05, 4.69) is 4.98 Å². The summed E-state index contributed by atoms with van der Waals surface area (Å²) < 4.78 is 5.56. The summed E-state index contributed by atoms with van der Waals surface area (Å²) >= 11 is 3.16. The van der Waals surface area contributed by atoms with E-state index in [0.29, 0.717) is 18.8 Å². The molecule has 1 fully saturated rings. The van der Waals surface area contributed by atoms with Gasteiger partial charge in [-0.1, -0.05) is 6.07 Å². The minimum atomic E-state index is 0.00621. The number of thiophene rings is 1. The highest BCUT2D eigenvalue weighted by molar-refractivity contribution is 7.20. The van der Waals surface area contributed by atoms with Crippen LogP contribution in [0.3, 0.4) is 0 Å². The van der Waals surface area contributed by atoms with Gasteiger partial charge in [0.2, 0.25) is 0 Å². The minimum absolute atomic E-state index is 0.00621. The van der Waals surface area contributed by atoms with E-state index in [4.69, 9.17) is 4.74 Å². The SMILES string of the molecule is C[C@H]1CN(C(=O)c2csc(-c3cccs3)n2)[C@@H](C)CO1. The van der Waals surface area contributed by atoms with Gasteiger partial charge in [0.15, 0.2) is 0 Å². The van der Waals surface area contributed by atoms with Crippen molar-refractivity contribution >= 4 is 28.6 Å². The highest BCUT2D eigenvalue weighted by Gasteiger charge is 2.29. The quantitative estimate of drug-likeness (QED) is 0.856. The molecule has 1 aliphatic rings. The summed E-state index contributed by atoms with van der Waals surface area (Å²) in [5.41, 5.74) is 0.541. The van der Waals surface area contributed by atoms with Crippen molar-refractivity contribution in [2.75, 3.05) is 13.2 Å². The Labute approximate surface area is 126 Å². The molecule has 4 nitrogen and oxygen atoms in total. The van der Waals surface area contributed by atoms with Crippen molar-refractivity contribution in [3.8, 4) is 9.88 Å². The molecule has 0 radical (unpaired) electrons. The number of hydrogen-bond acceptors (Lipinski definition) is 5. The molecule has 2 aromatic rings. The van der Waals surface area contributed by atoms with Crippen LogP contribution in [-0.2, 0) is 4.74 Å². The molecule has 2 aromatic heterocycles. The zero-order valence-corrected chi connectivity index (χ0v) is 13.0. The van der Waals surface area contributed by atoms with Gasteiger partial charge >= 0.3 is 0 Å². The Kier molecular flexibility index (Phi) is 3.87. The van der Waals surface area contributed by atoms with Crippen LogP contribution in [0.1, 0.15) is 24.3 Å². The lowest BCUT2D eigenvalue weighted by atomic mass is 10.2. The summed E-state index contributed by atoms with van der Waals surface area (Å²) in [6.45, 7) is 5.22. The highest BCUT2D eigenvalue weighted by Crippen LogP contribution is 2.28. The Morgan fingerprint density at radius 1 is 1.45 bits per heavy atom. The van der Waals surface area contributed by atoms with Crippen LogP contribution < -0.4 is 0 Å². The summed E-state index contributed by atoms with van der Waals surface area (Å²) in [5, 5.41) is 4.78. The first-order valence-corrected chi connectivity index (χ1v) is 8.33. The summed E-state index contributed by atoms with van der Waals surface area (Å²) in [5.74, 6) is 0.00621. The van der Waals surface area contributed by atoms with Crippen LogP contribution in [-0.4, -0.2) is 41.1 Å².